The number of hydrogen-bond donors (Lipinski definition) is 1. The second-order valence-electron chi connectivity index (χ2n) is 6.85. The van der Waals surface area contributed by atoms with Crippen molar-refractivity contribution in [3.63, 3.8) is 0 Å². The number of ether oxygens (including phenoxy) is 1. The van der Waals surface area contributed by atoms with Crippen LogP contribution in [0.25, 0.3) is 0 Å². The summed E-state index contributed by atoms with van der Waals surface area (Å²) in [4.78, 5) is 12.7. The number of hydrogen-bond acceptors (Lipinski definition) is 5. The Labute approximate surface area is 188 Å². The molecular formula is C24H25N3O4S. The van der Waals surface area contributed by atoms with Crippen LogP contribution in [0.4, 0.5) is 5.69 Å². The third kappa shape index (κ3) is 5.73. The van der Waals surface area contributed by atoms with Gasteiger partial charge < -0.3 is 4.74 Å². The molecule has 0 bridgehead atoms. The van der Waals surface area contributed by atoms with E-state index in [2.05, 4.69) is 10.5 Å². The van der Waals surface area contributed by atoms with Crippen molar-refractivity contribution in [2.45, 2.75) is 18.7 Å². The van der Waals surface area contributed by atoms with Crippen LogP contribution in [0.15, 0.2) is 94.9 Å². The summed E-state index contributed by atoms with van der Waals surface area (Å²) in [6.07, 6.45) is 0. The summed E-state index contributed by atoms with van der Waals surface area (Å²) >= 11 is 0. The van der Waals surface area contributed by atoms with E-state index >= 15 is 0 Å². The number of para-hydroxylation sites is 1. The van der Waals surface area contributed by atoms with Crippen molar-refractivity contribution < 1.29 is 17.9 Å². The number of nitrogens with zero attached hydrogens (tertiary/aromatic N) is 2. The van der Waals surface area contributed by atoms with E-state index in [1.54, 1.807) is 49.4 Å². The number of benzene rings is 3. The minimum atomic E-state index is -4.00. The zero-order chi connectivity index (χ0) is 23.0. The van der Waals surface area contributed by atoms with Crippen molar-refractivity contribution in [2.24, 2.45) is 5.10 Å². The van der Waals surface area contributed by atoms with Crippen LogP contribution in [0, 0.1) is 0 Å². The maximum absolute atomic E-state index is 13.4. The van der Waals surface area contributed by atoms with Crippen LogP contribution >= 0.6 is 0 Å². The van der Waals surface area contributed by atoms with Gasteiger partial charge in [-0.05, 0) is 55.8 Å². The Morgan fingerprint density at radius 2 is 1.53 bits per heavy atom. The maximum atomic E-state index is 13.4. The van der Waals surface area contributed by atoms with E-state index in [-0.39, 0.29) is 4.90 Å². The lowest BCUT2D eigenvalue weighted by molar-refractivity contribution is -0.119. The van der Waals surface area contributed by atoms with Crippen molar-refractivity contribution in [3.05, 3.63) is 90.5 Å². The van der Waals surface area contributed by atoms with E-state index in [4.69, 9.17) is 4.74 Å². The van der Waals surface area contributed by atoms with Gasteiger partial charge in [-0.1, -0.05) is 48.5 Å². The van der Waals surface area contributed by atoms with Gasteiger partial charge in [0.15, 0.2) is 0 Å². The number of nitrogens with one attached hydrogen (secondary N) is 1. The lowest BCUT2D eigenvalue weighted by atomic mass is 10.1. The van der Waals surface area contributed by atoms with Gasteiger partial charge in [0.05, 0.1) is 22.9 Å². The summed E-state index contributed by atoms with van der Waals surface area (Å²) in [5.74, 6) is 0.0137. The summed E-state index contributed by atoms with van der Waals surface area (Å²) in [7, 11) is -4.00. The molecule has 0 aliphatic carbocycles. The number of sulfonamides is 1. The Morgan fingerprint density at radius 3 is 2.12 bits per heavy atom. The molecule has 0 unspecified atom stereocenters. The smallest absolute Gasteiger partial charge is 0.264 e. The molecule has 0 aliphatic rings. The van der Waals surface area contributed by atoms with Crippen molar-refractivity contribution in [1.82, 2.24) is 5.43 Å². The highest BCUT2D eigenvalue weighted by molar-refractivity contribution is 7.92. The summed E-state index contributed by atoms with van der Waals surface area (Å²) in [5, 5.41) is 4.11. The van der Waals surface area contributed by atoms with Crippen molar-refractivity contribution in [2.75, 3.05) is 17.5 Å². The van der Waals surface area contributed by atoms with Gasteiger partial charge in [-0.15, -0.1) is 0 Å². The topological polar surface area (TPSA) is 88.1 Å². The van der Waals surface area contributed by atoms with E-state index in [0.29, 0.717) is 23.8 Å². The zero-order valence-electron chi connectivity index (χ0n) is 17.9. The third-order valence-corrected chi connectivity index (χ3v) is 6.38. The second kappa shape index (κ2) is 10.6. The molecule has 0 aliphatic heterocycles. The van der Waals surface area contributed by atoms with Gasteiger partial charge in [-0.2, -0.15) is 5.10 Å². The van der Waals surface area contributed by atoms with Gasteiger partial charge in [0, 0.05) is 0 Å². The molecule has 0 fully saturated rings. The lowest BCUT2D eigenvalue weighted by Gasteiger charge is -2.23. The van der Waals surface area contributed by atoms with Crippen LogP contribution in [0.5, 0.6) is 5.75 Å². The minimum absolute atomic E-state index is 0.0570. The van der Waals surface area contributed by atoms with E-state index in [9.17, 15) is 13.2 Å². The summed E-state index contributed by atoms with van der Waals surface area (Å²) in [5.41, 5.74) is 4.30. The zero-order valence-corrected chi connectivity index (χ0v) is 18.7. The molecule has 1 N–H and O–H groups in total. The Balaban J connectivity index is 1.84. The largest absolute Gasteiger partial charge is 0.494 e. The molecular weight excluding hydrogens is 426 g/mol. The first-order chi connectivity index (χ1) is 15.4. The Morgan fingerprint density at radius 1 is 0.938 bits per heavy atom. The molecule has 0 aromatic heterocycles. The van der Waals surface area contributed by atoms with Gasteiger partial charge in [0.25, 0.3) is 15.9 Å². The monoisotopic (exact) mass is 451 g/mol. The van der Waals surface area contributed by atoms with Crippen LogP contribution in [0.2, 0.25) is 0 Å². The van der Waals surface area contributed by atoms with Gasteiger partial charge in [0.2, 0.25) is 0 Å². The molecule has 0 spiro atoms. The molecule has 0 atom stereocenters. The van der Waals surface area contributed by atoms with Crippen molar-refractivity contribution >= 4 is 27.3 Å². The van der Waals surface area contributed by atoms with Gasteiger partial charge >= 0.3 is 0 Å². The highest BCUT2D eigenvalue weighted by Crippen LogP contribution is 2.25. The molecule has 0 heterocycles. The molecule has 0 saturated carbocycles. The normalized spacial score (nSPS) is 11.6. The second-order valence-corrected chi connectivity index (χ2v) is 8.71. The molecule has 166 valence electrons. The molecule has 3 aromatic rings. The molecule has 3 aromatic carbocycles. The van der Waals surface area contributed by atoms with Gasteiger partial charge in [-0.3, -0.25) is 9.10 Å². The van der Waals surface area contributed by atoms with E-state index < -0.39 is 22.5 Å². The fourth-order valence-electron chi connectivity index (χ4n) is 2.97. The fraction of sp³-hybridized carbons (Fsp3) is 0.167. The SMILES string of the molecule is CCOc1ccc(S(=O)(=O)N(CC(=O)N/N=C(/C)c2ccccc2)c2ccccc2)cc1. The highest BCUT2D eigenvalue weighted by Gasteiger charge is 2.27. The summed E-state index contributed by atoms with van der Waals surface area (Å²) in [6.45, 7) is 3.67. The van der Waals surface area contributed by atoms with Crippen LogP contribution < -0.4 is 14.5 Å². The third-order valence-electron chi connectivity index (χ3n) is 4.59. The molecule has 0 saturated heterocycles. The highest BCUT2D eigenvalue weighted by atomic mass is 32.2. The first-order valence-electron chi connectivity index (χ1n) is 10.1. The van der Waals surface area contributed by atoms with Gasteiger partial charge in [-0.25, -0.2) is 13.8 Å². The Hall–Kier alpha value is -3.65. The fourth-order valence-corrected chi connectivity index (χ4v) is 4.39. The summed E-state index contributed by atoms with van der Waals surface area (Å²) < 4.78 is 33.2. The van der Waals surface area contributed by atoms with Crippen LogP contribution in [0.1, 0.15) is 19.4 Å². The predicted molar refractivity (Wildman–Crippen MR) is 125 cm³/mol. The van der Waals surface area contributed by atoms with E-state index in [1.807, 2.05) is 37.3 Å². The van der Waals surface area contributed by atoms with Crippen LogP contribution in [0.3, 0.4) is 0 Å². The average Bonchev–Trinajstić information content (AvgIpc) is 2.82. The molecule has 32 heavy (non-hydrogen) atoms. The van der Waals surface area contributed by atoms with Gasteiger partial charge in [0.1, 0.15) is 12.3 Å². The number of carbonyl (C=O) groups excluding carboxylic acids is 1. The summed E-state index contributed by atoms with van der Waals surface area (Å²) in [6, 6.07) is 24.0. The molecule has 3 rings (SSSR count). The number of rotatable bonds is 9. The predicted octanol–water partition coefficient (Wildman–Crippen LogP) is 3.82. The minimum Gasteiger partial charge on any atom is -0.494 e. The quantitative estimate of drug-likeness (QED) is 0.396. The first kappa shape index (κ1) is 23.0. The Kier molecular flexibility index (Phi) is 7.62. The number of anilines is 1. The molecule has 7 nitrogen and oxygen atoms in total. The van der Waals surface area contributed by atoms with Crippen LogP contribution in [-0.2, 0) is 14.8 Å². The van der Waals surface area contributed by atoms with E-state index in [0.717, 1.165) is 9.87 Å². The molecule has 0 radical (unpaired) electrons. The first-order valence-corrected chi connectivity index (χ1v) is 11.5. The maximum Gasteiger partial charge on any atom is 0.264 e. The standard InChI is InChI=1S/C24H25N3O4S/c1-3-31-22-14-16-23(17-15-22)32(29,30)27(21-12-8-5-9-13-21)18-24(28)26-25-19(2)20-10-6-4-7-11-20/h4-17H,3,18H2,1-2H3,(H,26,28)/b25-19-. The average molecular weight is 452 g/mol. The van der Waals surface area contributed by atoms with E-state index in [1.165, 1.54) is 12.1 Å². The number of amides is 1. The molecule has 1 amide bonds. The lowest BCUT2D eigenvalue weighted by Crippen LogP contribution is -2.39. The van der Waals surface area contributed by atoms with Crippen molar-refractivity contribution in [3.8, 4) is 5.75 Å². The number of hydrazone groups is 1. The van der Waals surface area contributed by atoms with Crippen molar-refractivity contribution in [1.29, 1.82) is 0 Å². The Bertz CT molecular complexity index is 1160. The molecule has 8 heteroatoms. The van der Waals surface area contributed by atoms with Crippen LogP contribution in [-0.4, -0.2) is 33.2 Å². The number of carbonyl (C=O) groups is 1.